The zero-order chi connectivity index (χ0) is 17.9. The predicted octanol–water partition coefficient (Wildman–Crippen LogP) is 6.47. The van der Waals surface area contributed by atoms with Crippen LogP contribution in [0.1, 0.15) is 24.4 Å². The van der Waals surface area contributed by atoms with Gasteiger partial charge in [-0.2, -0.15) is 0 Å². The van der Waals surface area contributed by atoms with Crippen LogP contribution in [0.5, 0.6) is 0 Å². The first kappa shape index (κ1) is 16.8. The largest absolute Gasteiger partial charge is 0.372 e. The molecule has 3 aromatic carbocycles. The van der Waals surface area contributed by atoms with Crippen LogP contribution in [0.2, 0.25) is 0 Å². The smallest absolute Gasteiger partial charge is 0.117 e. The zero-order valence-electron chi connectivity index (χ0n) is 15.1. The number of thiazole rings is 1. The van der Waals surface area contributed by atoms with Gasteiger partial charge in [-0.25, -0.2) is 4.98 Å². The monoisotopic (exact) mass is 358 g/mol. The standard InChI is InChI=1S/C23H22N2S/c1-3-25(4-2)19-13-9-17(10-14-19)11-16-22-24-23-20-8-6-5-7-18(20)12-15-21(23)26-22/h5-16H,3-4H2,1-2H3. The topological polar surface area (TPSA) is 16.1 Å². The van der Waals surface area contributed by atoms with Crippen LogP contribution in [0.15, 0.2) is 60.7 Å². The van der Waals surface area contributed by atoms with Gasteiger partial charge in [-0.05, 0) is 49.1 Å². The van der Waals surface area contributed by atoms with E-state index in [1.807, 2.05) is 0 Å². The van der Waals surface area contributed by atoms with E-state index in [1.165, 1.54) is 26.7 Å². The van der Waals surface area contributed by atoms with Crippen LogP contribution >= 0.6 is 11.3 Å². The zero-order valence-corrected chi connectivity index (χ0v) is 16.0. The molecular formula is C23H22N2S. The Morgan fingerprint density at radius 1 is 0.885 bits per heavy atom. The lowest BCUT2D eigenvalue weighted by Crippen LogP contribution is -2.21. The number of hydrogen-bond donors (Lipinski definition) is 0. The van der Waals surface area contributed by atoms with Crippen molar-refractivity contribution in [3.8, 4) is 0 Å². The van der Waals surface area contributed by atoms with Crippen LogP contribution in [0.4, 0.5) is 5.69 Å². The first-order chi connectivity index (χ1) is 12.8. The van der Waals surface area contributed by atoms with Gasteiger partial charge in [0, 0.05) is 24.2 Å². The molecule has 130 valence electrons. The molecule has 26 heavy (non-hydrogen) atoms. The summed E-state index contributed by atoms with van der Waals surface area (Å²) in [6.07, 6.45) is 4.26. The van der Waals surface area contributed by atoms with Crippen molar-refractivity contribution in [3.63, 3.8) is 0 Å². The summed E-state index contributed by atoms with van der Waals surface area (Å²) in [5.41, 5.74) is 3.58. The number of aromatic nitrogens is 1. The van der Waals surface area contributed by atoms with Crippen LogP contribution in [0, 0.1) is 0 Å². The molecule has 0 aliphatic rings. The molecule has 0 fully saturated rings. The van der Waals surface area contributed by atoms with E-state index in [0.717, 1.165) is 23.6 Å². The van der Waals surface area contributed by atoms with E-state index >= 15 is 0 Å². The van der Waals surface area contributed by atoms with Gasteiger partial charge in [-0.1, -0.05) is 48.5 Å². The lowest BCUT2D eigenvalue weighted by molar-refractivity contribution is 0.866. The maximum Gasteiger partial charge on any atom is 0.117 e. The molecule has 0 saturated heterocycles. The van der Waals surface area contributed by atoms with Crippen molar-refractivity contribution in [2.45, 2.75) is 13.8 Å². The molecule has 0 unspecified atom stereocenters. The van der Waals surface area contributed by atoms with E-state index in [1.54, 1.807) is 11.3 Å². The van der Waals surface area contributed by atoms with Crippen molar-refractivity contribution in [1.29, 1.82) is 0 Å². The average Bonchev–Trinajstić information content (AvgIpc) is 3.12. The molecule has 0 amide bonds. The third-order valence-corrected chi connectivity index (χ3v) is 5.73. The third-order valence-electron chi connectivity index (χ3n) is 4.74. The number of anilines is 1. The summed E-state index contributed by atoms with van der Waals surface area (Å²) < 4.78 is 1.24. The van der Waals surface area contributed by atoms with Crippen molar-refractivity contribution in [1.82, 2.24) is 4.98 Å². The number of rotatable bonds is 5. The second-order valence-corrected chi connectivity index (χ2v) is 7.34. The number of nitrogens with zero attached hydrogens (tertiary/aromatic N) is 2. The molecule has 0 saturated carbocycles. The minimum atomic E-state index is 1.03. The number of fused-ring (bicyclic) bond motifs is 3. The van der Waals surface area contributed by atoms with E-state index in [0.29, 0.717) is 0 Å². The molecule has 2 nitrogen and oxygen atoms in total. The van der Waals surface area contributed by atoms with Crippen LogP contribution in [0.3, 0.4) is 0 Å². The van der Waals surface area contributed by atoms with Gasteiger partial charge >= 0.3 is 0 Å². The second-order valence-electron chi connectivity index (χ2n) is 6.28. The fourth-order valence-electron chi connectivity index (χ4n) is 3.30. The van der Waals surface area contributed by atoms with Gasteiger partial charge in [-0.3, -0.25) is 0 Å². The maximum absolute atomic E-state index is 4.85. The quantitative estimate of drug-likeness (QED) is 0.406. The maximum atomic E-state index is 4.85. The molecule has 0 spiro atoms. The van der Waals surface area contributed by atoms with Gasteiger partial charge < -0.3 is 4.90 Å². The highest BCUT2D eigenvalue weighted by Gasteiger charge is 2.05. The molecule has 0 aliphatic heterocycles. The Morgan fingerprint density at radius 3 is 2.42 bits per heavy atom. The highest BCUT2D eigenvalue weighted by Crippen LogP contribution is 2.30. The number of benzene rings is 3. The predicted molar refractivity (Wildman–Crippen MR) is 116 cm³/mol. The molecule has 0 radical (unpaired) electrons. The van der Waals surface area contributed by atoms with E-state index in [4.69, 9.17) is 4.98 Å². The van der Waals surface area contributed by atoms with Crippen LogP contribution < -0.4 is 4.90 Å². The van der Waals surface area contributed by atoms with Crippen molar-refractivity contribution in [2.24, 2.45) is 0 Å². The van der Waals surface area contributed by atoms with Crippen molar-refractivity contribution in [2.75, 3.05) is 18.0 Å². The van der Waals surface area contributed by atoms with Gasteiger partial charge in [0.15, 0.2) is 0 Å². The Balaban J connectivity index is 1.61. The average molecular weight is 359 g/mol. The Kier molecular flexibility index (Phi) is 4.72. The second kappa shape index (κ2) is 7.30. The molecule has 3 heteroatoms. The summed E-state index contributed by atoms with van der Waals surface area (Å²) in [5, 5.41) is 3.52. The number of hydrogen-bond acceptors (Lipinski definition) is 3. The fraction of sp³-hybridized carbons (Fsp3) is 0.174. The first-order valence-electron chi connectivity index (χ1n) is 9.10. The van der Waals surface area contributed by atoms with Crippen molar-refractivity contribution < 1.29 is 0 Å². The molecule has 1 aromatic heterocycles. The molecule has 0 bridgehead atoms. The van der Waals surface area contributed by atoms with Crippen molar-refractivity contribution >= 4 is 50.2 Å². The van der Waals surface area contributed by atoms with E-state index in [-0.39, 0.29) is 0 Å². The summed E-state index contributed by atoms with van der Waals surface area (Å²) in [6, 6.07) is 21.5. The van der Waals surface area contributed by atoms with Crippen molar-refractivity contribution in [3.05, 3.63) is 71.2 Å². The Bertz CT molecular complexity index is 1060. The summed E-state index contributed by atoms with van der Waals surface area (Å²) in [5.74, 6) is 0. The van der Waals surface area contributed by atoms with Gasteiger partial charge in [0.2, 0.25) is 0 Å². The Hall–Kier alpha value is -2.65. The van der Waals surface area contributed by atoms with Gasteiger partial charge in [0.25, 0.3) is 0 Å². The first-order valence-corrected chi connectivity index (χ1v) is 9.91. The molecule has 0 N–H and O–H groups in total. The third kappa shape index (κ3) is 3.23. The molecule has 1 heterocycles. The van der Waals surface area contributed by atoms with Crippen LogP contribution in [-0.2, 0) is 0 Å². The normalized spacial score (nSPS) is 11.6. The summed E-state index contributed by atoms with van der Waals surface area (Å²) in [4.78, 5) is 7.21. The minimum absolute atomic E-state index is 1.03. The summed E-state index contributed by atoms with van der Waals surface area (Å²) in [6.45, 7) is 6.44. The summed E-state index contributed by atoms with van der Waals surface area (Å²) >= 11 is 1.74. The lowest BCUT2D eigenvalue weighted by Gasteiger charge is -2.20. The Morgan fingerprint density at radius 2 is 1.65 bits per heavy atom. The van der Waals surface area contributed by atoms with E-state index in [9.17, 15) is 0 Å². The molecule has 4 rings (SSSR count). The van der Waals surface area contributed by atoms with Crippen LogP contribution in [-0.4, -0.2) is 18.1 Å². The van der Waals surface area contributed by atoms with Gasteiger partial charge in [0.1, 0.15) is 5.01 Å². The highest BCUT2D eigenvalue weighted by molar-refractivity contribution is 7.19. The molecule has 0 aliphatic carbocycles. The van der Waals surface area contributed by atoms with Gasteiger partial charge in [-0.15, -0.1) is 11.3 Å². The molecule has 4 aromatic rings. The van der Waals surface area contributed by atoms with E-state index in [2.05, 4.69) is 91.6 Å². The summed E-state index contributed by atoms with van der Waals surface area (Å²) in [7, 11) is 0. The van der Waals surface area contributed by atoms with Gasteiger partial charge in [0.05, 0.1) is 10.2 Å². The van der Waals surface area contributed by atoms with E-state index < -0.39 is 0 Å². The van der Waals surface area contributed by atoms with Crippen LogP contribution in [0.25, 0.3) is 33.1 Å². The highest BCUT2D eigenvalue weighted by atomic mass is 32.1. The lowest BCUT2D eigenvalue weighted by atomic mass is 10.1. The molecule has 0 atom stereocenters. The SMILES string of the molecule is CCN(CC)c1ccc(C=Cc2nc3c(ccc4ccccc43)s2)cc1. The molecular weight excluding hydrogens is 336 g/mol. The fourth-order valence-corrected chi connectivity index (χ4v) is 4.19. The Labute approximate surface area is 158 Å². The minimum Gasteiger partial charge on any atom is -0.372 e.